The molecule has 0 radical (unpaired) electrons. The van der Waals surface area contributed by atoms with Crippen molar-refractivity contribution in [2.75, 3.05) is 25.1 Å². The highest BCUT2D eigenvalue weighted by Gasteiger charge is 2.34. The number of carbonyl (C=O) groups excluding carboxylic acids is 2. The van der Waals surface area contributed by atoms with Gasteiger partial charge in [0, 0.05) is 30.4 Å². The number of aryl methyl sites for hydroxylation is 1. The molecule has 3 N–H and O–H groups in total. The number of hydrogen-bond donors (Lipinski definition) is 3. The molecule has 2 amide bonds. The van der Waals surface area contributed by atoms with Gasteiger partial charge in [0.1, 0.15) is 11.5 Å². The summed E-state index contributed by atoms with van der Waals surface area (Å²) in [6, 6.07) is 2.01. The normalized spacial score (nSPS) is 25.0. The number of nitrogens with one attached hydrogen (secondary N) is 2. The summed E-state index contributed by atoms with van der Waals surface area (Å²) in [5.41, 5.74) is 2.05. The molecule has 4 heterocycles. The number of nitrogens with zero attached hydrogens (tertiary/aromatic N) is 3. The summed E-state index contributed by atoms with van der Waals surface area (Å²) in [6.07, 6.45) is 5.43. The van der Waals surface area contributed by atoms with Crippen molar-refractivity contribution in [3.63, 3.8) is 0 Å². The summed E-state index contributed by atoms with van der Waals surface area (Å²) >= 11 is 1.19. The molecule has 2 saturated heterocycles. The van der Waals surface area contributed by atoms with Crippen LogP contribution in [0.4, 0.5) is 5.82 Å². The lowest BCUT2D eigenvalue weighted by atomic mass is 10.1. The number of carbonyl (C=O) groups is 2. The number of likely N-dealkylation sites (tertiary alicyclic amines) is 1. The van der Waals surface area contributed by atoms with E-state index >= 15 is 0 Å². The second-order valence-electron chi connectivity index (χ2n) is 10.0. The fourth-order valence-electron chi connectivity index (χ4n) is 4.85. The highest BCUT2D eigenvalue weighted by molar-refractivity contribution is 7.17. The van der Waals surface area contributed by atoms with Crippen LogP contribution in [0.25, 0.3) is 10.4 Å². The molecule has 4 atom stereocenters. The van der Waals surface area contributed by atoms with E-state index in [9.17, 15) is 14.7 Å². The Balaban J connectivity index is 1.46. The Hall–Kier alpha value is -2.56. The number of aliphatic hydroxyl groups excluding tert-OH is 1. The van der Waals surface area contributed by atoms with Crippen LogP contribution in [0.15, 0.2) is 12.3 Å². The number of amides is 2. The van der Waals surface area contributed by atoms with E-state index in [2.05, 4.69) is 27.5 Å². The van der Waals surface area contributed by atoms with Crippen LogP contribution in [0.5, 0.6) is 0 Å². The maximum Gasteiger partial charge on any atom is 0.280 e. The molecule has 2 aliphatic heterocycles. The summed E-state index contributed by atoms with van der Waals surface area (Å²) in [5, 5.41) is 16.5. The molecule has 0 aromatic carbocycles. The zero-order valence-electron chi connectivity index (χ0n) is 20.4. The Morgan fingerprint density at radius 3 is 2.71 bits per heavy atom. The van der Waals surface area contributed by atoms with Crippen molar-refractivity contribution in [2.24, 2.45) is 5.92 Å². The standard InChI is InChI=1S/C25H33N5O4S/c1-13-9-20(27-15(3)16-6-7-16)26-10-17(13)22-21(25(33)30-8-4-5-14(30)2)29-24(35-22)23(32)28-18-11-34-12-19(18)31/h9-10,14-16,18-19,31H,4-8,11-12H2,1-3H3,(H,26,27)(H,28,32)/t14-,15-,18+,19-/m0/s1. The van der Waals surface area contributed by atoms with Gasteiger partial charge in [0.05, 0.1) is 30.2 Å². The Morgan fingerprint density at radius 2 is 2.09 bits per heavy atom. The third-order valence-corrected chi connectivity index (χ3v) is 8.35. The topological polar surface area (TPSA) is 117 Å². The number of aliphatic hydroxyl groups is 1. The van der Waals surface area contributed by atoms with E-state index in [4.69, 9.17) is 4.74 Å². The number of aromatic nitrogens is 2. The second-order valence-corrected chi connectivity index (χ2v) is 11.0. The van der Waals surface area contributed by atoms with Gasteiger partial charge in [0.2, 0.25) is 0 Å². The summed E-state index contributed by atoms with van der Waals surface area (Å²) < 4.78 is 5.24. The first-order chi connectivity index (χ1) is 16.8. The minimum absolute atomic E-state index is 0.134. The van der Waals surface area contributed by atoms with E-state index in [1.54, 1.807) is 6.20 Å². The van der Waals surface area contributed by atoms with Gasteiger partial charge in [-0.3, -0.25) is 9.59 Å². The lowest BCUT2D eigenvalue weighted by molar-refractivity contribution is 0.0743. The molecular formula is C25H33N5O4S. The maximum atomic E-state index is 13.5. The lowest BCUT2D eigenvalue weighted by Crippen LogP contribution is -2.42. The molecule has 1 aliphatic carbocycles. The summed E-state index contributed by atoms with van der Waals surface area (Å²) in [4.78, 5) is 38.2. The molecule has 2 aromatic heterocycles. The molecular weight excluding hydrogens is 466 g/mol. The van der Waals surface area contributed by atoms with Gasteiger partial charge in [0.15, 0.2) is 5.01 Å². The smallest absolute Gasteiger partial charge is 0.280 e. The Kier molecular flexibility index (Phi) is 6.78. The van der Waals surface area contributed by atoms with Crippen LogP contribution in [0, 0.1) is 12.8 Å². The molecule has 5 rings (SSSR count). The molecule has 35 heavy (non-hydrogen) atoms. The average molecular weight is 500 g/mol. The highest BCUT2D eigenvalue weighted by atomic mass is 32.1. The van der Waals surface area contributed by atoms with Crippen LogP contribution >= 0.6 is 11.3 Å². The van der Waals surface area contributed by atoms with E-state index < -0.39 is 18.1 Å². The zero-order chi connectivity index (χ0) is 24.7. The number of ether oxygens (including phenoxy) is 1. The Labute approximate surface area is 209 Å². The third kappa shape index (κ3) is 5.05. The van der Waals surface area contributed by atoms with E-state index in [0.717, 1.165) is 29.8 Å². The van der Waals surface area contributed by atoms with Crippen molar-refractivity contribution in [3.8, 4) is 10.4 Å². The van der Waals surface area contributed by atoms with Gasteiger partial charge in [-0.2, -0.15) is 0 Å². The van der Waals surface area contributed by atoms with Gasteiger partial charge in [-0.25, -0.2) is 9.97 Å². The quantitative estimate of drug-likeness (QED) is 0.536. The molecule has 2 aromatic rings. The van der Waals surface area contributed by atoms with Crippen molar-refractivity contribution in [1.82, 2.24) is 20.2 Å². The Bertz CT molecular complexity index is 1120. The largest absolute Gasteiger partial charge is 0.388 e. The molecule has 3 fully saturated rings. The number of hydrogen-bond acceptors (Lipinski definition) is 8. The molecule has 0 unspecified atom stereocenters. The predicted octanol–water partition coefficient (Wildman–Crippen LogP) is 2.84. The maximum absolute atomic E-state index is 13.5. The minimum atomic E-state index is -0.755. The first-order valence-corrected chi connectivity index (χ1v) is 13.3. The number of pyridine rings is 1. The van der Waals surface area contributed by atoms with Crippen molar-refractivity contribution < 1.29 is 19.4 Å². The van der Waals surface area contributed by atoms with Crippen LogP contribution in [0.2, 0.25) is 0 Å². The number of anilines is 1. The van der Waals surface area contributed by atoms with Crippen LogP contribution in [-0.2, 0) is 4.74 Å². The molecule has 1 saturated carbocycles. The average Bonchev–Trinajstić information content (AvgIpc) is 3.24. The summed E-state index contributed by atoms with van der Waals surface area (Å²) in [7, 11) is 0. The fraction of sp³-hybridized carbons (Fsp3) is 0.600. The summed E-state index contributed by atoms with van der Waals surface area (Å²) in [5.74, 6) is 0.939. The monoisotopic (exact) mass is 499 g/mol. The first kappa shape index (κ1) is 24.1. The van der Waals surface area contributed by atoms with Crippen LogP contribution in [0.1, 0.15) is 65.4 Å². The van der Waals surface area contributed by atoms with Crippen molar-refractivity contribution in [1.29, 1.82) is 0 Å². The molecule has 9 nitrogen and oxygen atoms in total. The van der Waals surface area contributed by atoms with Gasteiger partial charge in [-0.1, -0.05) is 0 Å². The van der Waals surface area contributed by atoms with E-state index in [1.807, 2.05) is 24.8 Å². The summed E-state index contributed by atoms with van der Waals surface area (Å²) in [6.45, 7) is 7.33. The van der Waals surface area contributed by atoms with Crippen LogP contribution < -0.4 is 10.6 Å². The van der Waals surface area contributed by atoms with Crippen molar-refractivity contribution >= 4 is 29.0 Å². The molecule has 188 valence electrons. The van der Waals surface area contributed by atoms with Crippen molar-refractivity contribution in [3.05, 3.63) is 28.5 Å². The predicted molar refractivity (Wildman–Crippen MR) is 134 cm³/mol. The van der Waals surface area contributed by atoms with Gasteiger partial charge >= 0.3 is 0 Å². The number of rotatable bonds is 7. The third-order valence-electron chi connectivity index (χ3n) is 7.26. The van der Waals surface area contributed by atoms with E-state index in [1.165, 1.54) is 24.2 Å². The molecule has 10 heteroatoms. The second kappa shape index (κ2) is 9.83. The van der Waals surface area contributed by atoms with E-state index in [0.29, 0.717) is 23.4 Å². The zero-order valence-corrected chi connectivity index (χ0v) is 21.2. The van der Waals surface area contributed by atoms with Crippen molar-refractivity contribution in [2.45, 2.75) is 70.7 Å². The van der Waals surface area contributed by atoms with Crippen LogP contribution in [-0.4, -0.2) is 75.8 Å². The highest BCUT2D eigenvalue weighted by Crippen LogP contribution is 2.37. The SMILES string of the molecule is Cc1cc(N[C@@H](C)C2CC2)ncc1-c1sc(C(=O)N[C@@H]2COC[C@@H]2O)nc1C(=O)N1CCC[C@@H]1C. The molecule has 0 bridgehead atoms. The lowest BCUT2D eigenvalue weighted by Gasteiger charge is -2.21. The Morgan fingerprint density at radius 1 is 1.29 bits per heavy atom. The molecule has 0 spiro atoms. The first-order valence-electron chi connectivity index (χ1n) is 12.4. The molecule has 3 aliphatic rings. The minimum Gasteiger partial charge on any atom is -0.388 e. The van der Waals surface area contributed by atoms with Gasteiger partial charge < -0.3 is 25.4 Å². The van der Waals surface area contributed by atoms with E-state index in [-0.39, 0.29) is 35.9 Å². The van der Waals surface area contributed by atoms with Crippen LogP contribution in [0.3, 0.4) is 0 Å². The van der Waals surface area contributed by atoms with Gasteiger partial charge in [-0.15, -0.1) is 11.3 Å². The van der Waals surface area contributed by atoms with Gasteiger partial charge in [0.25, 0.3) is 11.8 Å². The fourth-order valence-corrected chi connectivity index (χ4v) is 5.88. The van der Waals surface area contributed by atoms with Gasteiger partial charge in [-0.05, 0) is 64.0 Å². The number of thiazole rings is 1.